The first-order chi connectivity index (χ1) is 12.7. The second-order valence-electron chi connectivity index (χ2n) is 5.26. The summed E-state index contributed by atoms with van der Waals surface area (Å²) in [5.41, 5.74) is 6.96. The number of rotatable bonds is 4. The zero-order valence-corrected chi connectivity index (χ0v) is 14.4. The summed E-state index contributed by atoms with van der Waals surface area (Å²) >= 11 is 5.16. The van der Waals surface area contributed by atoms with Crippen LogP contribution in [0.2, 0.25) is 0 Å². The van der Waals surface area contributed by atoms with Gasteiger partial charge in [0.15, 0.2) is 17.2 Å². The van der Waals surface area contributed by atoms with Crippen LogP contribution in [-0.2, 0) is 0 Å². The molecule has 0 aliphatic heterocycles. The van der Waals surface area contributed by atoms with E-state index in [0.29, 0.717) is 23.2 Å². The lowest BCUT2D eigenvalue weighted by atomic mass is 10.1. The maximum Gasteiger partial charge on any atom is 0.270 e. The van der Waals surface area contributed by atoms with E-state index < -0.39 is 0 Å². The van der Waals surface area contributed by atoms with Gasteiger partial charge in [-0.15, -0.1) is 0 Å². The maximum absolute atomic E-state index is 12.5. The Bertz CT molecular complexity index is 938. The summed E-state index contributed by atoms with van der Waals surface area (Å²) in [4.78, 5) is 23.3. The smallest absolute Gasteiger partial charge is 0.270 e. The van der Waals surface area contributed by atoms with E-state index in [2.05, 4.69) is 16.2 Å². The van der Waals surface area contributed by atoms with Crippen LogP contribution in [0.4, 0.5) is 5.69 Å². The van der Waals surface area contributed by atoms with Crippen LogP contribution in [0, 0.1) is 0 Å². The fourth-order valence-corrected chi connectivity index (χ4v) is 2.49. The van der Waals surface area contributed by atoms with Crippen molar-refractivity contribution in [2.45, 2.75) is 0 Å². The van der Waals surface area contributed by atoms with Crippen LogP contribution in [0.3, 0.4) is 0 Å². The quantitative estimate of drug-likeness (QED) is 0.373. The van der Waals surface area contributed by atoms with E-state index in [1.165, 1.54) is 0 Å². The number of hydrogen-bond donors (Lipinski definition) is 3. The van der Waals surface area contributed by atoms with Crippen LogP contribution in [0.5, 0.6) is 0 Å². The fourth-order valence-electron chi connectivity index (χ4n) is 2.32. The number of nitrogens with one attached hydrogen (secondary N) is 3. The van der Waals surface area contributed by atoms with Crippen LogP contribution >= 0.6 is 12.2 Å². The molecule has 0 aliphatic carbocycles. The zero-order chi connectivity index (χ0) is 18.4. The molecule has 0 bridgehead atoms. The number of anilines is 1. The Labute approximate surface area is 155 Å². The number of thiocarbonyl (C=S) groups is 1. The van der Waals surface area contributed by atoms with E-state index in [-0.39, 0.29) is 16.8 Å². The normalized spacial score (nSPS) is 10.0. The van der Waals surface area contributed by atoms with Crippen molar-refractivity contribution in [3.8, 4) is 11.3 Å². The lowest BCUT2D eigenvalue weighted by molar-refractivity contribution is 0.0944. The molecule has 0 saturated heterocycles. The van der Waals surface area contributed by atoms with Crippen molar-refractivity contribution in [3.63, 3.8) is 0 Å². The summed E-state index contributed by atoms with van der Waals surface area (Å²) in [6, 6.07) is 19.5. The molecule has 1 aromatic heterocycles. The molecule has 1 amide bonds. The molecular weight excluding hydrogens is 350 g/mol. The topological polar surface area (TPSA) is 83.4 Å². The minimum Gasteiger partial charge on any atom is -0.453 e. The summed E-state index contributed by atoms with van der Waals surface area (Å²) in [6.45, 7) is 0. The molecule has 0 fully saturated rings. The molecule has 0 radical (unpaired) electrons. The Morgan fingerprint density at radius 2 is 1.65 bits per heavy atom. The van der Waals surface area contributed by atoms with E-state index in [1.54, 1.807) is 36.4 Å². The molecule has 3 aromatic rings. The predicted molar refractivity (Wildman–Crippen MR) is 103 cm³/mol. The Morgan fingerprint density at radius 3 is 2.38 bits per heavy atom. The van der Waals surface area contributed by atoms with Gasteiger partial charge in [-0.3, -0.25) is 20.4 Å². The van der Waals surface area contributed by atoms with Gasteiger partial charge < -0.3 is 9.73 Å². The minimum atomic E-state index is -0.387. The summed E-state index contributed by atoms with van der Waals surface area (Å²) in [5.74, 6) is 0.242. The molecule has 2 aromatic carbocycles. The molecule has 3 rings (SSSR count). The first-order valence-corrected chi connectivity index (χ1v) is 8.15. The molecule has 130 valence electrons. The van der Waals surface area contributed by atoms with Crippen LogP contribution in [0.25, 0.3) is 11.3 Å². The van der Waals surface area contributed by atoms with Crippen LogP contribution < -0.4 is 16.2 Å². The average molecular weight is 365 g/mol. The van der Waals surface area contributed by atoms with Gasteiger partial charge in [-0.25, -0.2) is 0 Å². The number of hydrazine groups is 1. The molecule has 26 heavy (non-hydrogen) atoms. The van der Waals surface area contributed by atoms with Crippen molar-refractivity contribution >= 4 is 35.2 Å². The van der Waals surface area contributed by atoms with Crippen molar-refractivity contribution < 1.29 is 14.0 Å². The molecule has 0 saturated carbocycles. The Hall–Kier alpha value is -3.45. The Kier molecular flexibility index (Phi) is 5.40. The molecular formula is C19H15N3O3S. The lowest BCUT2D eigenvalue weighted by Gasteiger charge is -2.12. The van der Waals surface area contributed by atoms with Gasteiger partial charge in [0, 0.05) is 11.3 Å². The van der Waals surface area contributed by atoms with Gasteiger partial charge in [0.25, 0.3) is 5.91 Å². The molecule has 1 heterocycles. The molecule has 3 N–H and O–H groups in total. The predicted octanol–water partition coefficient (Wildman–Crippen LogP) is 3.39. The highest BCUT2D eigenvalue weighted by atomic mass is 32.1. The van der Waals surface area contributed by atoms with E-state index >= 15 is 0 Å². The first-order valence-electron chi connectivity index (χ1n) is 7.74. The van der Waals surface area contributed by atoms with Crippen molar-refractivity contribution in [2.24, 2.45) is 0 Å². The first kappa shape index (κ1) is 17.4. The number of carbonyl (C=O) groups is 2. The van der Waals surface area contributed by atoms with Gasteiger partial charge in [0.05, 0.1) is 5.56 Å². The third-order valence-electron chi connectivity index (χ3n) is 3.50. The van der Waals surface area contributed by atoms with Gasteiger partial charge in [-0.2, -0.15) is 0 Å². The van der Waals surface area contributed by atoms with Gasteiger partial charge >= 0.3 is 0 Å². The summed E-state index contributed by atoms with van der Waals surface area (Å²) < 4.78 is 5.41. The molecule has 0 spiro atoms. The number of carbonyl (C=O) groups excluding carboxylic acids is 2. The average Bonchev–Trinajstić information content (AvgIpc) is 3.16. The van der Waals surface area contributed by atoms with Crippen molar-refractivity contribution in [1.82, 2.24) is 10.9 Å². The number of para-hydroxylation sites is 1. The molecule has 7 heteroatoms. The second kappa shape index (κ2) is 8.09. The van der Waals surface area contributed by atoms with Crippen LogP contribution in [0.1, 0.15) is 20.9 Å². The number of furan rings is 1. The molecule has 0 unspecified atom stereocenters. The van der Waals surface area contributed by atoms with Gasteiger partial charge in [0.1, 0.15) is 5.76 Å². The highest BCUT2D eigenvalue weighted by Crippen LogP contribution is 2.25. The van der Waals surface area contributed by atoms with E-state index in [1.807, 2.05) is 30.3 Å². The monoisotopic (exact) mass is 365 g/mol. The largest absolute Gasteiger partial charge is 0.453 e. The van der Waals surface area contributed by atoms with Crippen molar-refractivity contribution in [3.05, 3.63) is 78.1 Å². The third kappa shape index (κ3) is 4.14. The number of aldehydes is 1. The fraction of sp³-hybridized carbons (Fsp3) is 0. The number of benzene rings is 2. The second-order valence-corrected chi connectivity index (χ2v) is 5.67. The summed E-state index contributed by atoms with van der Waals surface area (Å²) in [7, 11) is 0. The Morgan fingerprint density at radius 1 is 0.923 bits per heavy atom. The summed E-state index contributed by atoms with van der Waals surface area (Å²) in [6.07, 6.45) is 0.613. The minimum absolute atomic E-state index is 0.196. The summed E-state index contributed by atoms with van der Waals surface area (Å²) in [5, 5.41) is 3.21. The lowest BCUT2D eigenvalue weighted by Crippen LogP contribution is -2.43. The van der Waals surface area contributed by atoms with Crippen molar-refractivity contribution in [1.29, 1.82) is 0 Å². The van der Waals surface area contributed by atoms with Gasteiger partial charge in [0.2, 0.25) is 0 Å². The van der Waals surface area contributed by atoms with Crippen molar-refractivity contribution in [2.75, 3.05) is 5.32 Å². The third-order valence-corrected chi connectivity index (χ3v) is 3.71. The number of amides is 1. The highest BCUT2D eigenvalue weighted by Gasteiger charge is 2.15. The molecule has 0 aliphatic rings. The van der Waals surface area contributed by atoms with E-state index in [9.17, 15) is 9.59 Å². The Balaban J connectivity index is 1.68. The van der Waals surface area contributed by atoms with Gasteiger partial charge in [-0.05, 0) is 42.5 Å². The molecule has 6 nitrogen and oxygen atoms in total. The van der Waals surface area contributed by atoms with E-state index in [0.717, 1.165) is 5.69 Å². The van der Waals surface area contributed by atoms with E-state index in [4.69, 9.17) is 16.6 Å². The zero-order valence-electron chi connectivity index (χ0n) is 13.6. The highest BCUT2D eigenvalue weighted by molar-refractivity contribution is 7.80. The van der Waals surface area contributed by atoms with Gasteiger partial charge in [-0.1, -0.05) is 36.4 Å². The van der Waals surface area contributed by atoms with Crippen LogP contribution in [-0.4, -0.2) is 17.3 Å². The van der Waals surface area contributed by atoms with Crippen LogP contribution in [0.15, 0.2) is 71.1 Å². The SMILES string of the molecule is O=Cc1ccc(-c2ccccc2C(=O)NNC(=S)Nc2ccccc2)o1. The number of hydrogen-bond acceptors (Lipinski definition) is 4. The standard InChI is InChI=1S/C19H15N3O3S/c23-12-14-10-11-17(25-14)15-8-4-5-9-16(15)18(24)21-22-19(26)20-13-6-2-1-3-7-13/h1-12H,(H,21,24)(H2,20,22,26). The maximum atomic E-state index is 12.5. The molecule has 0 atom stereocenters.